The molecule has 0 fully saturated rings. The molecule has 0 aliphatic carbocycles. The van der Waals surface area contributed by atoms with Crippen molar-refractivity contribution in [2.75, 3.05) is 6.54 Å². The average molecular weight is 208 g/mol. The molecule has 0 aromatic carbocycles. The van der Waals surface area contributed by atoms with Crippen molar-refractivity contribution in [2.45, 2.75) is 32.2 Å². The van der Waals surface area contributed by atoms with E-state index in [1.54, 1.807) is 0 Å². The van der Waals surface area contributed by atoms with Gasteiger partial charge in [-0.1, -0.05) is 6.42 Å². The van der Waals surface area contributed by atoms with Gasteiger partial charge in [0.1, 0.15) is 6.04 Å². The molecule has 0 amide bonds. The van der Waals surface area contributed by atoms with Gasteiger partial charge < -0.3 is 16.6 Å². The highest BCUT2D eigenvalue weighted by molar-refractivity contribution is 5.72. The predicted octanol–water partition coefficient (Wildman–Crippen LogP) is 0.0297. The van der Waals surface area contributed by atoms with Gasteiger partial charge in [0.05, 0.1) is 0 Å². The average Bonchev–Trinajstić information content (AvgIpc) is 2.03. The first kappa shape index (κ1) is 15.5. The van der Waals surface area contributed by atoms with E-state index in [2.05, 4.69) is 0 Å². The maximum Gasteiger partial charge on any atom is 0.320 e. The first-order valence-electron chi connectivity index (χ1n) is 4.26. The smallest absolute Gasteiger partial charge is 0.320 e. The van der Waals surface area contributed by atoms with Gasteiger partial charge in [0.15, 0.2) is 0 Å². The van der Waals surface area contributed by atoms with Gasteiger partial charge in [0.2, 0.25) is 0 Å². The lowest BCUT2D eigenvalue weighted by molar-refractivity contribution is -0.138. The number of aliphatic carboxylic acids is 1. The van der Waals surface area contributed by atoms with E-state index >= 15 is 0 Å². The van der Waals surface area contributed by atoms with Crippen LogP contribution in [-0.4, -0.2) is 29.7 Å². The molecular weight excluding hydrogens is 191 g/mol. The zero-order valence-corrected chi connectivity index (χ0v) is 8.20. The monoisotopic (exact) mass is 208 g/mol. The number of carboxylic acids is 1. The molecule has 1 atom stereocenters. The summed E-state index contributed by atoms with van der Waals surface area (Å²) in [5.74, 6) is -0.933. The lowest BCUT2D eigenvalue weighted by Crippen LogP contribution is -2.29. The number of halogens is 1. The van der Waals surface area contributed by atoms with Gasteiger partial charge in [-0.05, 0) is 19.4 Å². The Morgan fingerprint density at radius 2 is 1.86 bits per heavy atom. The molecule has 0 radical (unpaired) electrons. The van der Waals surface area contributed by atoms with E-state index in [0.29, 0.717) is 13.0 Å². The van der Waals surface area contributed by atoms with Gasteiger partial charge >= 0.3 is 5.97 Å². The van der Waals surface area contributed by atoms with Crippen molar-refractivity contribution in [3.05, 3.63) is 0 Å². The molecule has 5 N–H and O–H groups in total. The number of carbonyl (C=O) groups is 2. The van der Waals surface area contributed by atoms with Gasteiger partial charge in [-0.25, -0.2) is 0 Å². The predicted molar refractivity (Wildman–Crippen MR) is 50.3 cm³/mol. The maximum absolute atomic E-state index is 10.4. The van der Waals surface area contributed by atoms with E-state index in [9.17, 15) is 9.18 Å². The molecule has 14 heavy (non-hydrogen) atoms. The first-order valence-corrected chi connectivity index (χ1v) is 4.26. The summed E-state index contributed by atoms with van der Waals surface area (Å²) in [6, 6.07) is -2.05. The van der Waals surface area contributed by atoms with Crippen molar-refractivity contribution in [2.24, 2.45) is 11.5 Å². The summed E-state index contributed by atoms with van der Waals surface area (Å²) in [6.45, 7) is 1.46. The number of carbonyl (C=O) groups excluding carboxylic acids is 1. The lowest BCUT2D eigenvalue weighted by atomic mass is 10.1. The van der Waals surface area contributed by atoms with Crippen LogP contribution in [0.4, 0.5) is 4.39 Å². The Labute approximate surface area is 82.3 Å². The van der Waals surface area contributed by atoms with Crippen molar-refractivity contribution in [3.63, 3.8) is 0 Å². The Balaban J connectivity index is 0. The Morgan fingerprint density at radius 1 is 1.43 bits per heavy atom. The van der Waals surface area contributed by atoms with Crippen LogP contribution >= 0.6 is 0 Å². The highest BCUT2D eigenvalue weighted by atomic mass is 19.1. The minimum Gasteiger partial charge on any atom is -0.480 e. The highest BCUT2D eigenvalue weighted by Crippen LogP contribution is 1.96. The Bertz CT molecular complexity index is 172. The number of unbranched alkanes of at least 4 members (excludes halogenated alkanes) is 1. The second-order valence-corrected chi connectivity index (χ2v) is 2.70. The largest absolute Gasteiger partial charge is 0.480 e. The SMILES string of the molecule is CC(=O)F.NCCCCC(N)C(=O)O. The van der Waals surface area contributed by atoms with Crippen LogP contribution in [0.3, 0.4) is 0 Å². The zero-order valence-electron chi connectivity index (χ0n) is 8.20. The van der Waals surface area contributed by atoms with E-state index in [1.165, 1.54) is 0 Å². The molecule has 0 saturated heterocycles. The summed E-state index contributed by atoms with van der Waals surface area (Å²) >= 11 is 0. The molecule has 0 aromatic heterocycles. The van der Waals surface area contributed by atoms with Crippen LogP contribution in [0.2, 0.25) is 0 Å². The molecule has 0 heterocycles. The van der Waals surface area contributed by atoms with Gasteiger partial charge in [-0.15, -0.1) is 0 Å². The fourth-order valence-corrected chi connectivity index (χ4v) is 0.632. The molecular formula is C8H17FN2O3. The molecule has 0 aromatic rings. The molecule has 0 spiro atoms. The van der Waals surface area contributed by atoms with Crippen molar-refractivity contribution in [1.29, 1.82) is 0 Å². The molecule has 0 saturated carbocycles. The minimum absolute atomic E-state index is 0.520. The first-order chi connectivity index (χ1) is 6.41. The lowest BCUT2D eigenvalue weighted by Gasteiger charge is -2.03. The third-order valence-corrected chi connectivity index (χ3v) is 1.29. The van der Waals surface area contributed by atoms with E-state index in [4.69, 9.17) is 21.4 Å². The summed E-state index contributed by atoms with van der Waals surface area (Å²) in [4.78, 5) is 18.9. The number of hydrogen-bond donors (Lipinski definition) is 3. The fourth-order valence-electron chi connectivity index (χ4n) is 0.632. The third-order valence-electron chi connectivity index (χ3n) is 1.29. The topological polar surface area (TPSA) is 106 Å². The number of nitrogens with two attached hydrogens (primary N) is 2. The van der Waals surface area contributed by atoms with E-state index in [1.807, 2.05) is 0 Å². The molecule has 6 heteroatoms. The van der Waals surface area contributed by atoms with Crippen LogP contribution in [0.1, 0.15) is 26.2 Å². The van der Waals surface area contributed by atoms with Crippen molar-refractivity contribution in [1.82, 2.24) is 0 Å². The number of rotatable bonds is 5. The van der Waals surface area contributed by atoms with Crippen molar-refractivity contribution in [3.8, 4) is 0 Å². The minimum atomic E-state index is -1.33. The van der Waals surface area contributed by atoms with Crippen LogP contribution < -0.4 is 11.5 Å². The summed E-state index contributed by atoms with van der Waals surface area (Å²) in [5.41, 5.74) is 10.4. The second kappa shape index (κ2) is 10.1. The normalized spacial score (nSPS) is 11.1. The summed E-state index contributed by atoms with van der Waals surface area (Å²) < 4.78 is 10.4. The van der Waals surface area contributed by atoms with Gasteiger partial charge in [0.25, 0.3) is 6.04 Å². The number of carboxylic acid groups (broad SMARTS) is 1. The standard InChI is InChI=1S/C6H14N2O2.C2H3FO/c7-4-2-1-3-5(8)6(9)10;1-2(3)4/h5H,1-4,7-8H2,(H,9,10);1H3. The molecule has 0 bridgehead atoms. The Kier molecular flexibility index (Phi) is 11.1. The van der Waals surface area contributed by atoms with Crippen LogP contribution in [0.5, 0.6) is 0 Å². The summed E-state index contributed by atoms with van der Waals surface area (Å²) in [7, 11) is 0. The van der Waals surface area contributed by atoms with Crippen LogP contribution in [0.15, 0.2) is 0 Å². The third kappa shape index (κ3) is 17.2. The molecule has 0 rings (SSSR count). The van der Waals surface area contributed by atoms with E-state index < -0.39 is 18.0 Å². The van der Waals surface area contributed by atoms with Crippen molar-refractivity contribution < 1.29 is 19.1 Å². The van der Waals surface area contributed by atoms with E-state index in [-0.39, 0.29) is 0 Å². The van der Waals surface area contributed by atoms with Crippen LogP contribution in [-0.2, 0) is 9.59 Å². The van der Waals surface area contributed by atoms with Crippen LogP contribution in [0, 0.1) is 0 Å². The summed E-state index contributed by atoms with van der Waals surface area (Å²) in [5, 5.41) is 8.33. The molecule has 0 aliphatic rings. The molecule has 0 aliphatic heterocycles. The maximum atomic E-state index is 10.4. The van der Waals surface area contributed by atoms with Gasteiger partial charge in [-0.3, -0.25) is 9.59 Å². The van der Waals surface area contributed by atoms with E-state index in [0.717, 1.165) is 19.8 Å². The molecule has 84 valence electrons. The Hall–Kier alpha value is -1.01. The van der Waals surface area contributed by atoms with Crippen LogP contribution in [0.25, 0.3) is 0 Å². The fraction of sp³-hybridized carbons (Fsp3) is 0.750. The number of hydrogen-bond acceptors (Lipinski definition) is 4. The quantitative estimate of drug-likeness (QED) is 0.436. The molecule has 1 unspecified atom stereocenters. The summed E-state index contributed by atoms with van der Waals surface area (Å²) in [6.07, 6.45) is 2.16. The van der Waals surface area contributed by atoms with Crippen molar-refractivity contribution >= 4 is 12.0 Å². The van der Waals surface area contributed by atoms with Gasteiger partial charge in [0, 0.05) is 6.92 Å². The Morgan fingerprint density at radius 3 is 2.14 bits per heavy atom. The molecule has 5 nitrogen and oxygen atoms in total. The second-order valence-electron chi connectivity index (χ2n) is 2.70. The van der Waals surface area contributed by atoms with Gasteiger partial charge in [-0.2, -0.15) is 4.39 Å². The highest BCUT2D eigenvalue weighted by Gasteiger charge is 2.09. The zero-order chi connectivity index (χ0) is 11.6.